The molecule has 0 heterocycles. The van der Waals surface area contributed by atoms with Crippen molar-refractivity contribution in [3.8, 4) is 0 Å². The topological polar surface area (TPSA) is 55.1 Å². The standard InChI is InChI=1S/C15H21ClN2O/c1-11-3-2-8-15(17,9-11)14(19)18-10-12-4-6-13(16)7-5-12/h4-7,11H,2-3,8-10,17H2,1H3,(H,18,19). The van der Waals surface area contributed by atoms with E-state index < -0.39 is 5.54 Å². The van der Waals surface area contributed by atoms with Crippen molar-refractivity contribution in [1.82, 2.24) is 5.32 Å². The van der Waals surface area contributed by atoms with Crippen molar-refractivity contribution in [2.45, 2.75) is 44.7 Å². The first-order valence-electron chi connectivity index (χ1n) is 6.81. The molecule has 19 heavy (non-hydrogen) atoms. The Morgan fingerprint density at radius 1 is 1.47 bits per heavy atom. The lowest BCUT2D eigenvalue weighted by atomic mass is 9.76. The summed E-state index contributed by atoms with van der Waals surface area (Å²) in [6.45, 7) is 2.66. The van der Waals surface area contributed by atoms with E-state index in [4.69, 9.17) is 17.3 Å². The van der Waals surface area contributed by atoms with Crippen LogP contribution in [0.1, 0.15) is 38.2 Å². The number of hydrogen-bond donors (Lipinski definition) is 2. The molecule has 2 atom stereocenters. The molecular weight excluding hydrogens is 260 g/mol. The molecule has 2 unspecified atom stereocenters. The van der Waals surface area contributed by atoms with E-state index in [1.807, 2.05) is 24.3 Å². The van der Waals surface area contributed by atoms with Crippen LogP contribution in [0.15, 0.2) is 24.3 Å². The second-order valence-corrected chi connectivity index (χ2v) is 6.10. The van der Waals surface area contributed by atoms with Crippen LogP contribution in [0.4, 0.5) is 0 Å². The van der Waals surface area contributed by atoms with Gasteiger partial charge in [0, 0.05) is 11.6 Å². The fourth-order valence-electron chi connectivity index (χ4n) is 2.76. The van der Waals surface area contributed by atoms with E-state index in [1.54, 1.807) is 0 Å². The number of benzene rings is 1. The van der Waals surface area contributed by atoms with Gasteiger partial charge < -0.3 is 11.1 Å². The Kier molecular flexibility index (Phi) is 4.48. The van der Waals surface area contributed by atoms with Gasteiger partial charge in [-0.1, -0.05) is 43.5 Å². The van der Waals surface area contributed by atoms with Crippen molar-refractivity contribution in [2.24, 2.45) is 11.7 Å². The van der Waals surface area contributed by atoms with Crippen LogP contribution < -0.4 is 11.1 Å². The molecule has 0 aromatic heterocycles. The van der Waals surface area contributed by atoms with Crippen molar-refractivity contribution < 1.29 is 4.79 Å². The van der Waals surface area contributed by atoms with Gasteiger partial charge in [0.15, 0.2) is 0 Å². The van der Waals surface area contributed by atoms with Crippen molar-refractivity contribution in [2.75, 3.05) is 0 Å². The van der Waals surface area contributed by atoms with Gasteiger partial charge in [-0.2, -0.15) is 0 Å². The molecular formula is C15H21ClN2O. The number of hydrogen-bond acceptors (Lipinski definition) is 2. The summed E-state index contributed by atoms with van der Waals surface area (Å²) < 4.78 is 0. The smallest absolute Gasteiger partial charge is 0.240 e. The zero-order chi connectivity index (χ0) is 13.9. The van der Waals surface area contributed by atoms with Crippen molar-refractivity contribution in [1.29, 1.82) is 0 Å². The quantitative estimate of drug-likeness (QED) is 0.894. The first-order valence-corrected chi connectivity index (χ1v) is 7.19. The highest BCUT2D eigenvalue weighted by atomic mass is 35.5. The largest absolute Gasteiger partial charge is 0.350 e. The Hall–Kier alpha value is -1.06. The summed E-state index contributed by atoms with van der Waals surface area (Å²) in [5.41, 5.74) is 6.59. The molecule has 0 radical (unpaired) electrons. The van der Waals surface area contributed by atoms with Crippen LogP contribution in [0, 0.1) is 5.92 Å². The first kappa shape index (κ1) is 14.4. The van der Waals surface area contributed by atoms with E-state index >= 15 is 0 Å². The second kappa shape index (κ2) is 5.93. The summed E-state index contributed by atoms with van der Waals surface area (Å²) >= 11 is 5.83. The van der Waals surface area contributed by atoms with Gasteiger partial charge in [0.05, 0.1) is 5.54 Å². The Morgan fingerprint density at radius 3 is 2.79 bits per heavy atom. The number of amides is 1. The van der Waals surface area contributed by atoms with Gasteiger partial charge in [-0.05, 0) is 36.5 Å². The highest BCUT2D eigenvalue weighted by molar-refractivity contribution is 6.30. The SMILES string of the molecule is CC1CCCC(N)(C(=O)NCc2ccc(Cl)cc2)C1. The van der Waals surface area contributed by atoms with E-state index in [9.17, 15) is 4.79 Å². The molecule has 1 aromatic carbocycles. The molecule has 0 saturated heterocycles. The molecule has 4 heteroatoms. The average molecular weight is 281 g/mol. The maximum Gasteiger partial charge on any atom is 0.240 e. The Labute approximate surface area is 119 Å². The third-order valence-corrected chi connectivity index (χ3v) is 4.10. The van der Waals surface area contributed by atoms with Gasteiger partial charge in [0.25, 0.3) is 0 Å². The molecule has 3 N–H and O–H groups in total. The van der Waals surface area contributed by atoms with Crippen molar-refractivity contribution >= 4 is 17.5 Å². The maximum absolute atomic E-state index is 12.2. The van der Waals surface area contributed by atoms with Crippen molar-refractivity contribution in [3.05, 3.63) is 34.9 Å². The van der Waals surface area contributed by atoms with Crippen LogP contribution in [-0.2, 0) is 11.3 Å². The highest BCUT2D eigenvalue weighted by Crippen LogP contribution is 2.30. The van der Waals surface area contributed by atoms with Crippen LogP contribution in [0.5, 0.6) is 0 Å². The summed E-state index contributed by atoms with van der Waals surface area (Å²) in [5.74, 6) is 0.494. The molecule has 1 aliphatic rings. The molecule has 2 rings (SSSR count). The first-order chi connectivity index (χ1) is 8.99. The van der Waals surface area contributed by atoms with E-state index in [2.05, 4.69) is 12.2 Å². The number of carbonyl (C=O) groups is 1. The van der Waals surface area contributed by atoms with Gasteiger partial charge in [-0.25, -0.2) is 0 Å². The van der Waals surface area contributed by atoms with Crippen LogP contribution in [0.2, 0.25) is 5.02 Å². The number of rotatable bonds is 3. The number of halogens is 1. The van der Waals surface area contributed by atoms with Gasteiger partial charge in [0.1, 0.15) is 0 Å². The second-order valence-electron chi connectivity index (χ2n) is 5.67. The van der Waals surface area contributed by atoms with E-state index in [1.165, 1.54) is 6.42 Å². The third kappa shape index (κ3) is 3.71. The van der Waals surface area contributed by atoms with E-state index in [-0.39, 0.29) is 5.91 Å². The molecule has 1 amide bonds. The van der Waals surface area contributed by atoms with Crippen LogP contribution in [0.25, 0.3) is 0 Å². The monoisotopic (exact) mass is 280 g/mol. The fourth-order valence-corrected chi connectivity index (χ4v) is 2.88. The number of carbonyl (C=O) groups excluding carboxylic acids is 1. The Morgan fingerprint density at radius 2 is 2.16 bits per heavy atom. The molecule has 1 fully saturated rings. The van der Waals surface area contributed by atoms with Crippen molar-refractivity contribution in [3.63, 3.8) is 0 Å². The number of nitrogens with two attached hydrogens (primary N) is 1. The van der Waals surface area contributed by atoms with Gasteiger partial charge in [-0.15, -0.1) is 0 Å². The van der Waals surface area contributed by atoms with Crippen LogP contribution in [-0.4, -0.2) is 11.4 Å². The average Bonchev–Trinajstić information content (AvgIpc) is 2.37. The molecule has 0 spiro atoms. The minimum atomic E-state index is -0.690. The summed E-state index contributed by atoms with van der Waals surface area (Å²) in [6.07, 6.45) is 3.76. The fraction of sp³-hybridized carbons (Fsp3) is 0.533. The van der Waals surface area contributed by atoms with Gasteiger partial charge in [0.2, 0.25) is 5.91 Å². The molecule has 0 aliphatic heterocycles. The molecule has 104 valence electrons. The molecule has 1 saturated carbocycles. The van der Waals surface area contributed by atoms with Crippen LogP contribution in [0.3, 0.4) is 0 Å². The minimum absolute atomic E-state index is 0.0333. The van der Waals surface area contributed by atoms with E-state index in [0.717, 1.165) is 24.8 Å². The van der Waals surface area contributed by atoms with Crippen LogP contribution >= 0.6 is 11.6 Å². The summed E-state index contributed by atoms with van der Waals surface area (Å²) in [6, 6.07) is 7.47. The maximum atomic E-state index is 12.2. The molecule has 1 aliphatic carbocycles. The lowest BCUT2D eigenvalue weighted by molar-refractivity contribution is -0.128. The zero-order valence-electron chi connectivity index (χ0n) is 11.3. The summed E-state index contributed by atoms with van der Waals surface area (Å²) in [7, 11) is 0. The third-order valence-electron chi connectivity index (χ3n) is 3.85. The predicted octanol–water partition coefficient (Wildman–Crippen LogP) is 2.86. The predicted molar refractivity (Wildman–Crippen MR) is 77.8 cm³/mol. The van der Waals surface area contributed by atoms with Gasteiger partial charge >= 0.3 is 0 Å². The lowest BCUT2D eigenvalue weighted by Crippen LogP contribution is -2.56. The van der Waals surface area contributed by atoms with Gasteiger partial charge in [-0.3, -0.25) is 4.79 Å². The Balaban J connectivity index is 1.91. The summed E-state index contributed by atoms with van der Waals surface area (Å²) in [4.78, 5) is 12.2. The Bertz CT molecular complexity index is 446. The molecule has 3 nitrogen and oxygen atoms in total. The number of nitrogens with one attached hydrogen (secondary N) is 1. The normalized spacial score (nSPS) is 27.0. The van der Waals surface area contributed by atoms with E-state index in [0.29, 0.717) is 17.5 Å². The molecule has 0 bridgehead atoms. The zero-order valence-corrected chi connectivity index (χ0v) is 12.0. The molecule has 1 aromatic rings. The highest BCUT2D eigenvalue weighted by Gasteiger charge is 2.37. The minimum Gasteiger partial charge on any atom is -0.350 e. The lowest BCUT2D eigenvalue weighted by Gasteiger charge is -2.35. The summed E-state index contributed by atoms with van der Waals surface area (Å²) in [5, 5.41) is 3.64.